The molecule has 210 valence electrons. The monoisotopic (exact) mass is 564 g/mol. The second-order valence-corrected chi connectivity index (χ2v) is 10.1. The first-order chi connectivity index (χ1) is 19.3. The van der Waals surface area contributed by atoms with Crippen molar-refractivity contribution in [1.29, 1.82) is 0 Å². The van der Waals surface area contributed by atoms with Gasteiger partial charge in [0.15, 0.2) is 5.13 Å². The van der Waals surface area contributed by atoms with Gasteiger partial charge in [-0.15, -0.1) is 0 Å². The Bertz CT molecular complexity index is 1430. The Kier molecular flexibility index (Phi) is 9.21. The summed E-state index contributed by atoms with van der Waals surface area (Å²) in [5.74, 6) is -1.42. The van der Waals surface area contributed by atoms with Crippen LogP contribution < -0.4 is 14.4 Å². The molecule has 1 aliphatic heterocycles. The van der Waals surface area contributed by atoms with Gasteiger partial charge in [-0.05, 0) is 68.7 Å². The molecule has 4 rings (SSSR count). The van der Waals surface area contributed by atoms with E-state index < -0.39 is 23.7 Å². The second kappa shape index (κ2) is 12.8. The lowest BCUT2D eigenvalue weighted by Crippen LogP contribution is -2.29. The molecule has 0 aliphatic carbocycles. The van der Waals surface area contributed by atoms with Crippen LogP contribution in [0.15, 0.2) is 54.1 Å². The van der Waals surface area contributed by atoms with E-state index in [1.807, 2.05) is 13.8 Å². The first-order valence-corrected chi connectivity index (χ1v) is 14.0. The highest BCUT2D eigenvalue weighted by Crippen LogP contribution is 2.44. The Morgan fingerprint density at radius 2 is 1.68 bits per heavy atom. The number of rotatable bonds is 11. The van der Waals surface area contributed by atoms with E-state index in [1.54, 1.807) is 62.4 Å². The van der Waals surface area contributed by atoms with E-state index in [0.29, 0.717) is 41.5 Å². The summed E-state index contributed by atoms with van der Waals surface area (Å²) in [5, 5.41) is 11.6. The maximum atomic E-state index is 13.5. The van der Waals surface area contributed by atoms with Crippen molar-refractivity contribution in [1.82, 2.24) is 4.98 Å². The molecule has 1 unspecified atom stereocenters. The van der Waals surface area contributed by atoms with Gasteiger partial charge in [0.05, 0.1) is 37.1 Å². The smallest absolute Gasteiger partial charge is 0.350 e. The van der Waals surface area contributed by atoms with Crippen molar-refractivity contribution < 1.29 is 33.7 Å². The van der Waals surface area contributed by atoms with E-state index in [2.05, 4.69) is 4.98 Å². The molecule has 2 heterocycles. The fourth-order valence-electron chi connectivity index (χ4n) is 4.30. The van der Waals surface area contributed by atoms with Crippen LogP contribution in [-0.4, -0.2) is 47.6 Å². The van der Waals surface area contributed by atoms with Crippen LogP contribution in [-0.2, 0) is 14.3 Å². The van der Waals surface area contributed by atoms with Crippen molar-refractivity contribution in [3.63, 3.8) is 0 Å². The number of Topliss-reactive ketones (excluding diaryl/α,β-unsaturated/α-hetero) is 1. The molecule has 10 heteroatoms. The summed E-state index contributed by atoms with van der Waals surface area (Å²) >= 11 is 0.961. The van der Waals surface area contributed by atoms with Crippen molar-refractivity contribution in [2.24, 2.45) is 0 Å². The third kappa shape index (κ3) is 5.86. The third-order valence-electron chi connectivity index (χ3n) is 6.14. The highest BCUT2D eigenvalue weighted by atomic mass is 32.1. The average molecular weight is 565 g/mol. The fourth-order valence-corrected chi connectivity index (χ4v) is 5.28. The molecule has 0 spiro atoms. The van der Waals surface area contributed by atoms with Gasteiger partial charge in [0.1, 0.15) is 22.1 Å². The predicted octanol–water partition coefficient (Wildman–Crippen LogP) is 5.83. The fraction of sp³-hybridized carbons (Fsp3) is 0.333. The molecule has 1 atom stereocenters. The molecule has 2 aromatic carbocycles. The number of carbonyl (C=O) groups excluding carboxylic acids is 3. The SMILES string of the molecule is CCCOc1ccc(/C(O)=C2\C(=O)C(=O)N(c3nc(C)c(C(=O)OCC)s3)C2c2cccc(OCCC)c2)cc1. The van der Waals surface area contributed by atoms with Crippen LogP contribution in [0.3, 0.4) is 0 Å². The summed E-state index contributed by atoms with van der Waals surface area (Å²) in [5.41, 5.74) is 1.18. The summed E-state index contributed by atoms with van der Waals surface area (Å²) in [4.78, 5) is 45.4. The second-order valence-electron chi connectivity index (χ2n) is 9.09. The molecule has 1 N–H and O–H groups in total. The molecule has 0 radical (unpaired) electrons. The number of anilines is 1. The van der Waals surface area contributed by atoms with Crippen molar-refractivity contribution in [3.8, 4) is 11.5 Å². The van der Waals surface area contributed by atoms with Gasteiger partial charge in [0.25, 0.3) is 5.78 Å². The quantitative estimate of drug-likeness (QED) is 0.134. The lowest BCUT2D eigenvalue weighted by molar-refractivity contribution is -0.132. The number of hydrogen-bond acceptors (Lipinski definition) is 9. The van der Waals surface area contributed by atoms with Crippen LogP contribution in [0.2, 0.25) is 0 Å². The van der Waals surface area contributed by atoms with E-state index in [4.69, 9.17) is 14.2 Å². The van der Waals surface area contributed by atoms with Crippen LogP contribution in [0.4, 0.5) is 5.13 Å². The zero-order valence-corrected chi connectivity index (χ0v) is 23.7. The maximum absolute atomic E-state index is 13.5. The number of aliphatic hydroxyl groups excluding tert-OH is 1. The number of benzene rings is 2. The molecular weight excluding hydrogens is 532 g/mol. The maximum Gasteiger partial charge on any atom is 0.350 e. The number of nitrogens with zero attached hydrogens (tertiary/aromatic N) is 2. The number of aliphatic hydroxyl groups is 1. The number of thiazole rings is 1. The number of hydrogen-bond donors (Lipinski definition) is 1. The Balaban J connectivity index is 1.85. The van der Waals surface area contributed by atoms with Gasteiger partial charge in [0, 0.05) is 5.56 Å². The van der Waals surface area contributed by atoms with E-state index in [-0.39, 0.29) is 27.9 Å². The van der Waals surface area contributed by atoms with Crippen LogP contribution in [0, 0.1) is 6.92 Å². The van der Waals surface area contributed by atoms with Crippen molar-refractivity contribution in [3.05, 3.63) is 75.8 Å². The lowest BCUT2D eigenvalue weighted by atomic mass is 9.95. The van der Waals surface area contributed by atoms with Gasteiger partial charge in [0.2, 0.25) is 0 Å². The number of esters is 1. The number of ketones is 1. The molecule has 40 heavy (non-hydrogen) atoms. The standard InChI is InChI=1S/C30H32N2O7S/c1-5-15-38-21-13-11-19(12-14-21)25(33)23-24(20-9-8-10-22(17-20)39-16-6-2)32(28(35)26(23)34)30-31-18(4)27(40-30)29(36)37-7-3/h8-14,17,24,33H,5-7,15-16H2,1-4H3/b25-23+. The molecule has 9 nitrogen and oxygen atoms in total. The topological polar surface area (TPSA) is 115 Å². The van der Waals surface area contributed by atoms with E-state index in [9.17, 15) is 19.5 Å². The number of ether oxygens (including phenoxy) is 3. The highest BCUT2D eigenvalue weighted by Gasteiger charge is 2.48. The average Bonchev–Trinajstić information content (AvgIpc) is 3.47. The molecule has 1 aromatic heterocycles. The molecule has 0 saturated carbocycles. The van der Waals surface area contributed by atoms with E-state index >= 15 is 0 Å². The summed E-state index contributed by atoms with van der Waals surface area (Å²) in [6.45, 7) is 8.55. The zero-order chi connectivity index (χ0) is 28.8. The van der Waals surface area contributed by atoms with Gasteiger partial charge >= 0.3 is 11.9 Å². The van der Waals surface area contributed by atoms with Crippen LogP contribution in [0.25, 0.3) is 5.76 Å². The largest absolute Gasteiger partial charge is 0.507 e. The summed E-state index contributed by atoms with van der Waals surface area (Å²) < 4.78 is 16.6. The van der Waals surface area contributed by atoms with Gasteiger partial charge in [-0.25, -0.2) is 9.78 Å². The molecule has 3 aromatic rings. The lowest BCUT2D eigenvalue weighted by Gasteiger charge is -2.23. The van der Waals surface area contributed by atoms with E-state index in [0.717, 1.165) is 24.2 Å². The van der Waals surface area contributed by atoms with Gasteiger partial charge in [-0.2, -0.15) is 0 Å². The van der Waals surface area contributed by atoms with Gasteiger partial charge in [-0.1, -0.05) is 37.3 Å². The van der Waals surface area contributed by atoms with Crippen LogP contribution in [0.1, 0.15) is 66.1 Å². The van der Waals surface area contributed by atoms with Gasteiger partial charge < -0.3 is 19.3 Å². The molecule has 1 fully saturated rings. The van der Waals surface area contributed by atoms with Crippen molar-refractivity contribution >= 4 is 39.9 Å². The minimum atomic E-state index is -1.01. The minimum absolute atomic E-state index is 0.0922. The van der Waals surface area contributed by atoms with Crippen LogP contribution in [0.5, 0.6) is 11.5 Å². The molecule has 1 amide bonds. The summed E-state index contributed by atoms with van der Waals surface area (Å²) in [7, 11) is 0. The Hall–Kier alpha value is -4.18. The number of amides is 1. The normalized spacial score (nSPS) is 16.3. The predicted molar refractivity (Wildman–Crippen MR) is 152 cm³/mol. The first kappa shape index (κ1) is 28.8. The van der Waals surface area contributed by atoms with Crippen molar-refractivity contribution in [2.45, 2.75) is 46.6 Å². The van der Waals surface area contributed by atoms with Gasteiger partial charge in [-0.3, -0.25) is 14.5 Å². The van der Waals surface area contributed by atoms with E-state index in [1.165, 1.54) is 4.90 Å². The summed E-state index contributed by atoms with van der Waals surface area (Å²) in [6, 6.07) is 12.7. The highest BCUT2D eigenvalue weighted by molar-refractivity contribution is 7.17. The third-order valence-corrected chi connectivity index (χ3v) is 7.28. The van der Waals surface area contributed by atoms with Crippen molar-refractivity contribution in [2.75, 3.05) is 24.7 Å². The molecule has 0 bridgehead atoms. The first-order valence-electron chi connectivity index (χ1n) is 13.2. The molecule has 1 aliphatic rings. The number of aromatic nitrogens is 1. The Morgan fingerprint density at radius 1 is 1.00 bits per heavy atom. The molecule has 1 saturated heterocycles. The van der Waals surface area contributed by atoms with Crippen LogP contribution >= 0.6 is 11.3 Å². The minimum Gasteiger partial charge on any atom is -0.507 e. The number of aryl methyl sites for hydroxylation is 1. The zero-order valence-electron chi connectivity index (χ0n) is 22.9. The molecular formula is C30H32N2O7S. The summed E-state index contributed by atoms with van der Waals surface area (Å²) in [6.07, 6.45) is 1.65. The Labute approximate surface area is 237 Å². The Morgan fingerprint density at radius 3 is 2.33 bits per heavy atom. The number of carbonyl (C=O) groups is 3.